The SMILES string of the molecule is Cc1nc2ncc(C(=O)Nc3ccccc3C)c(C)n2n1. The molecule has 0 atom stereocenters. The number of aryl methyl sites for hydroxylation is 3. The maximum absolute atomic E-state index is 12.4. The molecule has 1 N–H and O–H groups in total. The van der Waals surface area contributed by atoms with Gasteiger partial charge in [0.25, 0.3) is 11.7 Å². The second kappa shape index (κ2) is 4.97. The number of benzene rings is 1. The summed E-state index contributed by atoms with van der Waals surface area (Å²) in [6.45, 7) is 5.57. The average molecular weight is 281 g/mol. The third-order valence-corrected chi connectivity index (χ3v) is 3.35. The molecule has 0 saturated heterocycles. The van der Waals surface area contributed by atoms with Gasteiger partial charge in [-0.25, -0.2) is 9.50 Å². The number of carbonyl (C=O) groups is 1. The van der Waals surface area contributed by atoms with Crippen molar-refractivity contribution in [2.75, 3.05) is 5.32 Å². The van der Waals surface area contributed by atoms with Crippen molar-refractivity contribution >= 4 is 17.4 Å². The average Bonchev–Trinajstić information content (AvgIpc) is 2.83. The molecule has 0 saturated carbocycles. The van der Waals surface area contributed by atoms with Gasteiger partial charge in [0.2, 0.25) is 0 Å². The zero-order valence-electron chi connectivity index (χ0n) is 12.1. The van der Waals surface area contributed by atoms with E-state index >= 15 is 0 Å². The monoisotopic (exact) mass is 281 g/mol. The van der Waals surface area contributed by atoms with Crippen molar-refractivity contribution in [1.29, 1.82) is 0 Å². The Hall–Kier alpha value is -2.76. The minimum absolute atomic E-state index is 0.204. The number of carbonyl (C=O) groups excluding carboxylic acids is 1. The first kappa shape index (κ1) is 13.2. The predicted molar refractivity (Wildman–Crippen MR) is 79.4 cm³/mol. The minimum atomic E-state index is -0.204. The zero-order chi connectivity index (χ0) is 15.0. The molecular formula is C15H15N5O. The molecule has 1 aromatic carbocycles. The van der Waals surface area contributed by atoms with Gasteiger partial charge < -0.3 is 5.32 Å². The summed E-state index contributed by atoms with van der Waals surface area (Å²) in [6, 6.07) is 7.64. The van der Waals surface area contributed by atoms with Gasteiger partial charge in [-0.3, -0.25) is 4.79 Å². The topological polar surface area (TPSA) is 72.2 Å². The van der Waals surface area contributed by atoms with Crippen molar-refractivity contribution in [3.05, 3.63) is 53.1 Å². The number of hydrogen-bond acceptors (Lipinski definition) is 4. The molecule has 2 aromatic heterocycles. The molecule has 6 heteroatoms. The number of nitrogens with one attached hydrogen (secondary N) is 1. The molecule has 1 amide bonds. The summed E-state index contributed by atoms with van der Waals surface area (Å²) in [4.78, 5) is 20.8. The van der Waals surface area contributed by atoms with E-state index in [0.29, 0.717) is 22.9 Å². The number of anilines is 1. The third-order valence-electron chi connectivity index (χ3n) is 3.35. The van der Waals surface area contributed by atoms with Gasteiger partial charge in [0, 0.05) is 11.9 Å². The van der Waals surface area contributed by atoms with E-state index in [4.69, 9.17) is 0 Å². The fraction of sp³-hybridized carbons (Fsp3) is 0.200. The van der Waals surface area contributed by atoms with E-state index < -0.39 is 0 Å². The quantitative estimate of drug-likeness (QED) is 0.782. The van der Waals surface area contributed by atoms with E-state index in [0.717, 1.165) is 11.3 Å². The van der Waals surface area contributed by atoms with Crippen LogP contribution >= 0.6 is 0 Å². The van der Waals surface area contributed by atoms with Crippen LogP contribution < -0.4 is 5.32 Å². The van der Waals surface area contributed by atoms with Gasteiger partial charge in [-0.05, 0) is 32.4 Å². The highest BCUT2D eigenvalue weighted by molar-refractivity contribution is 6.05. The highest BCUT2D eigenvalue weighted by Gasteiger charge is 2.15. The summed E-state index contributed by atoms with van der Waals surface area (Å²) >= 11 is 0. The van der Waals surface area contributed by atoms with Crippen LogP contribution in [-0.4, -0.2) is 25.5 Å². The molecule has 0 fully saturated rings. The Bertz CT molecular complexity index is 837. The lowest BCUT2D eigenvalue weighted by Crippen LogP contribution is -2.16. The number of hydrogen-bond donors (Lipinski definition) is 1. The molecule has 0 aliphatic heterocycles. The van der Waals surface area contributed by atoms with Crippen LogP contribution in [0.3, 0.4) is 0 Å². The summed E-state index contributed by atoms with van der Waals surface area (Å²) in [5.74, 6) is 0.920. The van der Waals surface area contributed by atoms with Gasteiger partial charge >= 0.3 is 0 Å². The first-order valence-electron chi connectivity index (χ1n) is 6.62. The highest BCUT2D eigenvalue weighted by Crippen LogP contribution is 2.16. The van der Waals surface area contributed by atoms with Crippen LogP contribution in [0.2, 0.25) is 0 Å². The van der Waals surface area contributed by atoms with Gasteiger partial charge in [0.1, 0.15) is 5.82 Å². The molecule has 3 aromatic rings. The van der Waals surface area contributed by atoms with Crippen molar-refractivity contribution in [2.45, 2.75) is 20.8 Å². The summed E-state index contributed by atoms with van der Waals surface area (Å²) in [6.07, 6.45) is 1.53. The number of aromatic nitrogens is 4. The summed E-state index contributed by atoms with van der Waals surface area (Å²) in [7, 11) is 0. The second-order valence-corrected chi connectivity index (χ2v) is 4.90. The van der Waals surface area contributed by atoms with E-state index in [9.17, 15) is 4.79 Å². The Morgan fingerprint density at radius 2 is 1.95 bits per heavy atom. The molecule has 0 spiro atoms. The minimum Gasteiger partial charge on any atom is -0.322 e. The standard InChI is InChI=1S/C15H15N5O/c1-9-6-4-5-7-13(9)18-14(21)12-8-16-15-17-11(3)19-20(15)10(12)2/h4-8H,1-3H3,(H,18,21). The second-order valence-electron chi connectivity index (χ2n) is 4.90. The number of rotatable bonds is 2. The molecule has 0 radical (unpaired) electrons. The number of nitrogens with zero attached hydrogens (tertiary/aromatic N) is 4. The molecular weight excluding hydrogens is 266 g/mol. The molecule has 0 bridgehead atoms. The van der Waals surface area contributed by atoms with Crippen molar-refractivity contribution in [1.82, 2.24) is 19.6 Å². The lowest BCUT2D eigenvalue weighted by Gasteiger charge is -2.09. The molecule has 6 nitrogen and oxygen atoms in total. The van der Waals surface area contributed by atoms with Gasteiger partial charge in [-0.15, -0.1) is 0 Å². The first-order valence-corrected chi connectivity index (χ1v) is 6.62. The van der Waals surface area contributed by atoms with E-state index in [-0.39, 0.29) is 5.91 Å². The van der Waals surface area contributed by atoms with Crippen LogP contribution in [0.1, 0.15) is 27.4 Å². The molecule has 21 heavy (non-hydrogen) atoms. The fourth-order valence-electron chi connectivity index (χ4n) is 2.17. The lowest BCUT2D eigenvalue weighted by molar-refractivity contribution is 0.102. The van der Waals surface area contributed by atoms with Crippen LogP contribution in [0, 0.1) is 20.8 Å². The highest BCUT2D eigenvalue weighted by atomic mass is 16.1. The van der Waals surface area contributed by atoms with Gasteiger partial charge in [0.15, 0.2) is 0 Å². The Labute approximate surface area is 121 Å². The van der Waals surface area contributed by atoms with Gasteiger partial charge in [-0.2, -0.15) is 10.1 Å². The Morgan fingerprint density at radius 1 is 1.19 bits per heavy atom. The van der Waals surface area contributed by atoms with Crippen LogP contribution in [-0.2, 0) is 0 Å². The van der Waals surface area contributed by atoms with Crippen molar-refractivity contribution in [2.24, 2.45) is 0 Å². The smallest absolute Gasteiger partial charge is 0.259 e. The molecule has 106 valence electrons. The normalized spacial score (nSPS) is 10.8. The third kappa shape index (κ3) is 2.35. The van der Waals surface area contributed by atoms with E-state index in [1.807, 2.05) is 38.1 Å². The predicted octanol–water partition coefficient (Wildman–Crippen LogP) is 2.30. The molecule has 0 aliphatic carbocycles. The molecule has 3 rings (SSSR count). The first-order chi connectivity index (χ1) is 10.1. The Morgan fingerprint density at radius 3 is 2.71 bits per heavy atom. The van der Waals surface area contributed by atoms with E-state index in [2.05, 4.69) is 20.4 Å². The van der Waals surface area contributed by atoms with Gasteiger partial charge in [0.05, 0.1) is 11.3 Å². The van der Waals surface area contributed by atoms with Crippen LogP contribution in [0.15, 0.2) is 30.5 Å². The number of para-hydroxylation sites is 1. The van der Waals surface area contributed by atoms with Gasteiger partial charge in [-0.1, -0.05) is 18.2 Å². The fourth-order valence-corrected chi connectivity index (χ4v) is 2.17. The summed E-state index contributed by atoms with van der Waals surface area (Å²) < 4.78 is 1.59. The Kier molecular flexibility index (Phi) is 3.13. The van der Waals surface area contributed by atoms with Crippen LogP contribution in [0.25, 0.3) is 5.78 Å². The molecule has 2 heterocycles. The zero-order valence-corrected chi connectivity index (χ0v) is 12.1. The van der Waals surface area contributed by atoms with Crippen molar-refractivity contribution in [3.8, 4) is 0 Å². The number of amides is 1. The molecule has 0 unspecified atom stereocenters. The largest absolute Gasteiger partial charge is 0.322 e. The summed E-state index contributed by atoms with van der Waals surface area (Å²) in [5, 5.41) is 7.14. The maximum Gasteiger partial charge on any atom is 0.259 e. The van der Waals surface area contributed by atoms with Crippen molar-refractivity contribution in [3.63, 3.8) is 0 Å². The van der Waals surface area contributed by atoms with Crippen molar-refractivity contribution < 1.29 is 4.79 Å². The summed E-state index contributed by atoms with van der Waals surface area (Å²) in [5.41, 5.74) is 2.99. The van der Waals surface area contributed by atoms with Crippen LogP contribution in [0.5, 0.6) is 0 Å². The van der Waals surface area contributed by atoms with Crippen LogP contribution in [0.4, 0.5) is 5.69 Å². The number of fused-ring (bicyclic) bond motifs is 1. The lowest BCUT2D eigenvalue weighted by atomic mass is 10.2. The van der Waals surface area contributed by atoms with E-state index in [1.165, 1.54) is 6.20 Å². The Balaban J connectivity index is 1.98. The molecule has 0 aliphatic rings. The van der Waals surface area contributed by atoms with E-state index in [1.54, 1.807) is 11.4 Å². The maximum atomic E-state index is 12.4.